The predicted octanol–water partition coefficient (Wildman–Crippen LogP) is 7.51. The molecule has 11 nitrogen and oxygen atoms in total. The lowest BCUT2D eigenvalue weighted by molar-refractivity contribution is -0.142. The first-order valence-electron chi connectivity index (χ1n) is 16.5. The fourth-order valence-electron chi connectivity index (χ4n) is 5.71. The molecule has 2 saturated heterocycles. The Morgan fingerprint density at radius 2 is 1.24 bits per heavy atom. The second-order valence-electron chi connectivity index (χ2n) is 11.6. The van der Waals surface area contributed by atoms with Gasteiger partial charge < -0.3 is 19.3 Å². The molecule has 2 fully saturated rings. The molecule has 0 aliphatic carbocycles. The Balaban J connectivity index is 0.000000222. The molecular formula is C37H46N4O7S2. The normalized spacial score (nSPS) is 16.6. The molecule has 2 aliphatic heterocycles. The standard InChI is InChI=1S/C19H22N2O4S.C17H20N2O3S.CH4/c1-2-24-17(22)11-15-13-26-18(20-15)16-9-6-10-21(16)19(23)25-12-14-7-4-3-5-8-14;20-10-8-14-12-23-16(18-14)15-7-4-9-19(15)17(21)22-11-13-5-2-1-3-6-13;/h3-5,7-8,13,16H,2,6,9-12H2,1H3;1-3,5-6,12,15,20H,4,7-11H2;1H4/t16-;15-;/m00./s1. The number of carbonyl (C=O) groups is 3. The fraction of sp³-hybridized carbons (Fsp3) is 0.432. The first kappa shape index (κ1) is 38.5. The summed E-state index contributed by atoms with van der Waals surface area (Å²) in [6, 6.07) is 19.2. The summed E-state index contributed by atoms with van der Waals surface area (Å²) in [5.74, 6) is -0.283. The molecule has 50 heavy (non-hydrogen) atoms. The second kappa shape index (κ2) is 19.8. The van der Waals surface area contributed by atoms with Gasteiger partial charge in [0.25, 0.3) is 0 Å². The van der Waals surface area contributed by atoms with Gasteiger partial charge in [-0.3, -0.25) is 14.6 Å². The molecule has 0 spiro atoms. The van der Waals surface area contributed by atoms with E-state index in [0.717, 1.165) is 52.5 Å². The van der Waals surface area contributed by atoms with Gasteiger partial charge in [0.15, 0.2) is 0 Å². The van der Waals surface area contributed by atoms with Gasteiger partial charge in [0.2, 0.25) is 0 Å². The Morgan fingerprint density at radius 1 is 0.760 bits per heavy atom. The number of benzene rings is 2. The molecule has 0 bridgehead atoms. The van der Waals surface area contributed by atoms with E-state index in [-0.39, 0.29) is 63.9 Å². The molecule has 1 N–H and O–H groups in total. The molecule has 2 aromatic heterocycles. The minimum atomic E-state index is -0.321. The number of esters is 1. The highest BCUT2D eigenvalue weighted by Crippen LogP contribution is 2.35. The zero-order valence-corrected chi connectivity index (χ0v) is 29.2. The first-order chi connectivity index (χ1) is 23.9. The van der Waals surface area contributed by atoms with Gasteiger partial charge in [-0.05, 0) is 43.7 Å². The SMILES string of the molecule is C.CCOC(=O)Cc1csc([C@@H]2CCCN2C(=O)OCc2ccccc2)n1.O=C(OCc1ccccc1)N1CCC[C@H]1c1nc(CCO)cs1. The summed E-state index contributed by atoms with van der Waals surface area (Å²) < 4.78 is 15.9. The van der Waals surface area contributed by atoms with Crippen molar-refractivity contribution in [3.63, 3.8) is 0 Å². The van der Waals surface area contributed by atoms with Crippen molar-refractivity contribution in [1.29, 1.82) is 0 Å². The second-order valence-corrected chi connectivity index (χ2v) is 13.4. The third-order valence-electron chi connectivity index (χ3n) is 8.09. The van der Waals surface area contributed by atoms with Crippen molar-refractivity contribution in [3.05, 3.63) is 104 Å². The Labute approximate surface area is 301 Å². The van der Waals surface area contributed by atoms with Gasteiger partial charge in [-0.1, -0.05) is 68.1 Å². The van der Waals surface area contributed by atoms with Crippen LogP contribution in [-0.4, -0.2) is 69.3 Å². The highest BCUT2D eigenvalue weighted by Gasteiger charge is 2.34. The van der Waals surface area contributed by atoms with Crippen LogP contribution in [0.15, 0.2) is 71.4 Å². The average Bonchev–Trinajstić information content (AvgIpc) is 3.95. The maximum absolute atomic E-state index is 12.5. The van der Waals surface area contributed by atoms with E-state index in [2.05, 4.69) is 9.97 Å². The summed E-state index contributed by atoms with van der Waals surface area (Å²) in [6.07, 6.45) is 3.75. The number of hydrogen-bond acceptors (Lipinski definition) is 11. The minimum absolute atomic E-state index is 0. The molecule has 2 aliphatic rings. The fourth-order valence-corrected chi connectivity index (χ4v) is 7.67. The molecule has 6 rings (SSSR count). The van der Waals surface area contributed by atoms with Crippen LogP contribution in [0.25, 0.3) is 0 Å². The number of likely N-dealkylation sites (tertiary alicyclic amines) is 2. The average molecular weight is 723 g/mol. The molecule has 2 amide bonds. The van der Waals surface area contributed by atoms with Crippen molar-refractivity contribution >= 4 is 40.8 Å². The smallest absolute Gasteiger partial charge is 0.410 e. The maximum Gasteiger partial charge on any atom is 0.410 e. The number of nitrogens with zero attached hydrogens (tertiary/aromatic N) is 4. The molecule has 2 atom stereocenters. The van der Waals surface area contributed by atoms with E-state index in [1.807, 2.05) is 71.4 Å². The maximum atomic E-state index is 12.5. The Kier molecular flexibility index (Phi) is 15.2. The van der Waals surface area contributed by atoms with Crippen molar-refractivity contribution in [2.45, 2.75) is 78.2 Å². The number of hydrogen-bond donors (Lipinski definition) is 1. The van der Waals surface area contributed by atoms with Gasteiger partial charge in [0, 0.05) is 36.9 Å². The molecule has 0 radical (unpaired) electrons. The zero-order chi connectivity index (χ0) is 34.4. The van der Waals surface area contributed by atoms with Crippen molar-refractivity contribution < 1.29 is 33.7 Å². The topological polar surface area (TPSA) is 131 Å². The van der Waals surface area contributed by atoms with E-state index in [0.29, 0.717) is 31.8 Å². The molecule has 268 valence electrons. The third-order valence-corrected chi connectivity index (χ3v) is 10.1. The molecule has 2 aromatic carbocycles. The van der Waals surface area contributed by atoms with Crippen molar-refractivity contribution in [3.8, 4) is 0 Å². The van der Waals surface area contributed by atoms with E-state index < -0.39 is 0 Å². The van der Waals surface area contributed by atoms with Crippen LogP contribution in [0.5, 0.6) is 0 Å². The largest absolute Gasteiger partial charge is 0.466 e. The summed E-state index contributed by atoms with van der Waals surface area (Å²) in [6.45, 7) is 4.14. The summed E-state index contributed by atoms with van der Waals surface area (Å²) >= 11 is 3.02. The number of aliphatic hydroxyl groups excluding tert-OH is 1. The van der Waals surface area contributed by atoms with E-state index in [1.54, 1.807) is 28.1 Å². The summed E-state index contributed by atoms with van der Waals surface area (Å²) in [4.78, 5) is 49.0. The van der Waals surface area contributed by atoms with E-state index >= 15 is 0 Å². The lowest BCUT2D eigenvalue weighted by atomic mass is 10.2. The molecular weight excluding hydrogens is 677 g/mol. The van der Waals surface area contributed by atoms with Gasteiger partial charge in [-0.2, -0.15) is 0 Å². The molecule has 4 heterocycles. The number of carbonyl (C=O) groups excluding carboxylic acids is 3. The first-order valence-corrected chi connectivity index (χ1v) is 18.3. The van der Waals surface area contributed by atoms with Gasteiger partial charge in [0.05, 0.1) is 36.5 Å². The summed E-state index contributed by atoms with van der Waals surface area (Å²) in [5.41, 5.74) is 3.52. The Hall–Kier alpha value is -4.33. The van der Waals surface area contributed by atoms with Gasteiger partial charge >= 0.3 is 18.2 Å². The molecule has 4 aromatic rings. The van der Waals surface area contributed by atoms with Crippen LogP contribution in [0, 0.1) is 0 Å². The predicted molar refractivity (Wildman–Crippen MR) is 193 cm³/mol. The van der Waals surface area contributed by atoms with Crippen molar-refractivity contribution in [2.75, 3.05) is 26.3 Å². The highest BCUT2D eigenvalue weighted by molar-refractivity contribution is 7.10. The zero-order valence-electron chi connectivity index (χ0n) is 27.6. The number of aliphatic hydroxyl groups is 1. The van der Waals surface area contributed by atoms with E-state index in [4.69, 9.17) is 19.3 Å². The van der Waals surface area contributed by atoms with Crippen LogP contribution in [0.3, 0.4) is 0 Å². The van der Waals surface area contributed by atoms with Crippen LogP contribution in [0.4, 0.5) is 9.59 Å². The Bertz CT molecular complexity index is 1630. The quantitative estimate of drug-likeness (QED) is 0.123. The van der Waals surface area contributed by atoms with Crippen LogP contribution in [0.2, 0.25) is 0 Å². The van der Waals surface area contributed by atoms with Crippen LogP contribution in [-0.2, 0) is 45.1 Å². The highest BCUT2D eigenvalue weighted by atomic mass is 32.1. The van der Waals surface area contributed by atoms with Crippen molar-refractivity contribution in [2.24, 2.45) is 0 Å². The number of rotatable bonds is 11. The monoisotopic (exact) mass is 722 g/mol. The minimum Gasteiger partial charge on any atom is -0.466 e. The van der Waals surface area contributed by atoms with Crippen LogP contribution >= 0.6 is 22.7 Å². The number of ether oxygens (including phenoxy) is 3. The van der Waals surface area contributed by atoms with Gasteiger partial charge in [0.1, 0.15) is 23.2 Å². The lowest BCUT2D eigenvalue weighted by Gasteiger charge is -2.22. The van der Waals surface area contributed by atoms with Gasteiger partial charge in [-0.15, -0.1) is 22.7 Å². The molecule has 0 unspecified atom stereocenters. The summed E-state index contributed by atoms with van der Waals surface area (Å²) in [5, 5.41) is 14.6. The third kappa shape index (κ3) is 10.8. The number of thiazole rings is 2. The van der Waals surface area contributed by atoms with Crippen molar-refractivity contribution in [1.82, 2.24) is 19.8 Å². The van der Waals surface area contributed by atoms with Crippen LogP contribution < -0.4 is 0 Å². The summed E-state index contributed by atoms with van der Waals surface area (Å²) in [7, 11) is 0. The number of amides is 2. The van der Waals surface area contributed by atoms with Gasteiger partial charge in [-0.25, -0.2) is 19.6 Å². The lowest BCUT2D eigenvalue weighted by Crippen LogP contribution is -2.31. The Morgan fingerprint density at radius 3 is 1.72 bits per heavy atom. The molecule has 0 saturated carbocycles. The molecule has 13 heteroatoms. The van der Waals surface area contributed by atoms with E-state index in [1.165, 1.54) is 11.3 Å². The van der Waals surface area contributed by atoms with E-state index in [9.17, 15) is 14.4 Å². The number of aromatic nitrogens is 2. The van der Waals surface area contributed by atoms with Crippen LogP contribution in [0.1, 0.15) is 84.6 Å².